The van der Waals surface area contributed by atoms with Gasteiger partial charge in [0.25, 0.3) is 0 Å². The maximum atomic E-state index is 11.2. The van der Waals surface area contributed by atoms with Gasteiger partial charge in [-0.15, -0.1) is 11.3 Å². The Morgan fingerprint density at radius 3 is 2.89 bits per heavy atom. The Hall–Kier alpha value is -1.44. The molecule has 0 saturated heterocycles. The SMILES string of the molecule is NCCc1nc(-c2ccc3[nH]c(=O)[nH]c3c2)sc1Br. The summed E-state index contributed by atoms with van der Waals surface area (Å²) in [7, 11) is 0. The number of benzene rings is 1. The predicted octanol–water partition coefficient (Wildman–Crippen LogP) is 2.24. The highest BCUT2D eigenvalue weighted by Gasteiger charge is 2.11. The van der Waals surface area contributed by atoms with Crippen LogP contribution in [-0.2, 0) is 6.42 Å². The number of hydrogen-bond acceptors (Lipinski definition) is 4. The lowest BCUT2D eigenvalue weighted by molar-refractivity contribution is 0.932. The third-order valence-corrected chi connectivity index (χ3v) is 4.67. The van der Waals surface area contributed by atoms with Crippen LogP contribution in [0.2, 0.25) is 0 Å². The van der Waals surface area contributed by atoms with E-state index in [-0.39, 0.29) is 5.69 Å². The number of fused-ring (bicyclic) bond motifs is 1. The van der Waals surface area contributed by atoms with Crippen LogP contribution in [0.5, 0.6) is 0 Å². The second kappa shape index (κ2) is 4.92. The van der Waals surface area contributed by atoms with E-state index in [1.54, 1.807) is 11.3 Å². The minimum absolute atomic E-state index is 0.198. The van der Waals surface area contributed by atoms with Crippen LogP contribution in [0.15, 0.2) is 26.8 Å². The normalized spacial score (nSPS) is 11.3. The topological polar surface area (TPSA) is 87.6 Å². The van der Waals surface area contributed by atoms with Crippen LogP contribution in [0, 0.1) is 0 Å². The van der Waals surface area contributed by atoms with E-state index in [0.29, 0.717) is 6.54 Å². The summed E-state index contributed by atoms with van der Waals surface area (Å²) in [5, 5.41) is 0.916. The summed E-state index contributed by atoms with van der Waals surface area (Å²) in [6.07, 6.45) is 0.750. The summed E-state index contributed by atoms with van der Waals surface area (Å²) in [5.41, 5.74) is 8.90. The Morgan fingerprint density at radius 2 is 2.11 bits per heavy atom. The van der Waals surface area contributed by atoms with Crippen molar-refractivity contribution < 1.29 is 0 Å². The number of aromatic nitrogens is 3. The molecule has 0 spiro atoms. The molecule has 2 aromatic heterocycles. The number of rotatable bonds is 3. The van der Waals surface area contributed by atoms with Crippen LogP contribution in [0.3, 0.4) is 0 Å². The molecular weight excluding hydrogens is 328 g/mol. The molecule has 98 valence electrons. The smallest absolute Gasteiger partial charge is 0.323 e. The number of hydrogen-bond donors (Lipinski definition) is 3. The number of imidazole rings is 1. The summed E-state index contributed by atoms with van der Waals surface area (Å²) in [6, 6.07) is 5.74. The molecule has 0 unspecified atom stereocenters. The largest absolute Gasteiger partial charge is 0.330 e. The van der Waals surface area contributed by atoms with Crippen LogP contribution in [0.25, 0.3) is 21.6 Å². The molecule has 0 amide bonds. The number of H-pyrrole nitrogens is 2. The fraction of sp³-hybridized carbons (Fsp3) is 0.167. The number of thiazole rings is 1. The van der Waals surface area contributed by atoms with E-state index in [1.165, 1.54) is 0 Å². The molecule has 0 fully saturated rings. The summed E-state index contributed by atoms with van der Waals surface area (Å²) in [6.45, 7) is 0.575. The number of aromatic amines is 2. The lowest BCUT2D eigenvalue weighted by Crippen LogP contribution is -2.03. The second-order valence-electron chi connectivity index (χ2n) is 4.12. The van der Waals surface area contributed by atoms with Gasteiger partial charge in [0.05, 0.1) is 20.5 Å². The van der Waals surface area contributed by atoms with E-state index in [9.17, 15) is 4.79 Å². The number of nitrogens with zero attached hydrogens (tertiary/aromatic N) is 1. The fourth-order valence-electron chi connectivity index (χ4n) is 1.91. The van der Waals surface area contributed by atoms with Crippen molar-refractivity contribution in [1.82, 2.24) is 15.0 Å². The minimum Gasteiger partial charge on any atom is -0.330 e. The Morgan fingerprint density at radius 1 is 1.32 bits per heavy atom. The first-order chi connectivity index (χ1) is 9.17. The Labute approximate surface area is 121 Å². The van der Waals surface area contributed by atoms with Gasteiger partial charge in [-0.2, -0.15) is 0 Å². The highest BCUT2D eigenvalue weighted by molar-refractivity contribution is 9.11. The highest BCUT2D eigenvalue weighted by atomic mass is 79.9. The lowest BCUT2D eigenvalue weighted by atomic mass is 10.2. The summed E-state index contributed by atoms with van der Waals surface area (Å²) < 4.78 is 1.01. The van der Waals surface area contributed by atoms with Crippen molar-refractivity contribution in [1.29, 1.82) is 0 Å². The van der Waals surface area contributed by atoms with Crippen molar-refractivity contribution in [2.45, 2.75) is 6.42 Å². The van der Waals surface area contributed by atoms with Crippen molar-refractivity contribution in [3.63, 3.8) is 0 Å². The molecule has 0 aliphatic rings. The van der Waals surface area contributed by atoms with Gasteiger partial charge in [-0.05, 0) is 40.7 Å². The molecular formula is C12H11BrN4OS. The lowest BCUT2D eigenvalue weighted by Gasteiger charge is -1.96. The summed E-state index contributed by atoms with van der Waals surface area (Å²) in [5.74, 6) is 0. The summed E-state index contributed by atoms with van der Waals surface area (Å²) >= 11 is 5.08. The average molecular weight is 339 g/mol. The maximum Gasteiger partial charge on any atom is 0.323 e. The Balaban J connectivity index is 2.07. The van der Waals surface area contributed by atoms with Crippen molar-refractivity contribution in [3.05, 3.63) is 38.2 Å². The van der Waals surface area contributed by atoms with Crippen LogP contribution >= 0.6 is 27.3 Å². The van der Waals surface area contributed by atoms with Gasteiger partial charge < -0.3 is 15.7 Å². The van der Waals surface area contributed by atoms with E-state index in [4.69, 9.17) is 5.73 Å². The fourth-order valence-corrected chi connectivity index (χ4v) is 3.50. The molecule has 0 bridgehead atoms. The van der Waals surface area contributed by atoms with Crippen LogP contribution in [0.4, 0.5) is 0 Å². The van der Waals surface area contributed by atoms with Crippen molar-refractivity contribution in [3.8, 4) is 10.6 Å². The summed E-state index contributed by atoms with van der Waals surface area (Å²) in [4.78, 5) is 21.3. The minimum atomic E-state index is -0.198. The molecule has 7 heteroatoms. The van der Waals surface area contributed by atoms with Crippen LogP contribution in [0.1, 0.15) is 5.69 Å². The molecule has 5 nitrogen and oxygen atoms in total. The molecule has 0 saturated carbocycles. The number of nitrogens with two attached hydrogens (primary N) is 1. The molecule has 1 aromatic carbocycles. The zero-order chi connectivity index (χ0) is 13.4. The molecule has 19 heavy (non-hydrogen) atoms. The zero-order valence-corrected chi connectivity index (χ0v) is 12.3. The molecule has 4 N–H and O–H groups in total. The molecule has 3 rings (SSSR count). The van der Waals surface area contributed by atoms with Gasteiger partial charge in [-0.3, -0.25) is 0 Å². The average Bonchev–Trinajstić information content (AvgIpc) is 2.91. The number of halogens is 1. The zero-order valence-electron chi connectivity index (χ0n) is 9.87. The van der Waals surface area contributed by atoms with Crippen LogP contribution < -0.4 is 11.4 Å². The van der Waals surface area contributed by atoms with E-state index < -0.39 is 0 Å². The van der Waals surface area contributed by atoms with Gasteiger partial charge >= 0.3 is 5.69 Å². The highest BCUT2D eigenvalue weighted by Crippen LogP contribution is 2.32. The first kappa shape index (κ1) is 12.6. The molecule has 0 aliphatic heterocycles. The van der Waals surface area contributed by atoms with E-state index in [1.807, 2.05) is 18.2 Å². The first-order valence-corrected chi connectivity index (χ1v) is 7.36. The predicted molar refractivity (Wildman–Crippen MR) is 80.5 cm³/mol. The Bertz CT molecular complexity index is 788. The van der Waals surface area contributed by atoms with Gasteiger partial charge in [0.2, 0.25) is 0 Å². The third kappa shape index (κ3) is 2.36. The van der Waals surface area contributed by atoms with Gasteiger partial charge in [-0.1, -0.05) is 0 Å². The van der Waals surface area contributed by atoms with E-state index in [0.717, 1.165) is 37.5 Å². The first-order valence-electron chi connectivity index (χ1n) is 5.75. The van der Waals surface area contributed by atoms with Gasteiger partial charge in [-0.25, -0.2) is 9.78 Å². The molecule has 2 heterocycles. The molecule has 0 radical (unpaired) electrons. The second-order valence-corrected chi connectivity index (χ2v) is 6.43. The maximum absolute atomic E-state index is 11.2. The molecule has 0 atom stereocenters. The quantitative estimate of drug-likeness (QED) is 0.684. The van der Waals surface area contributed by atoms with Gasteiger partial charge in [0.15, 0.2) is 0 Å². The van der Waals surface area contributed by atoms with Crippen molar-refractivity contribution >= 4 is 38.3 Å². The standard InChI is InChI=1S/C12H11BrN4OS/c13-10-8(3-4-14)15-11(19-10)6-1-2-7-9(5-6)17-12(18)16-7/h1-2,5H,3-4,14H2,(H2,16,17,18). The van der Waals surface area contributed by atoms with Crippen molar-refractivity contribution in [2.24, 2.45) is 5.73 Å². The Kier molecular flexibility index (Phi) is 3.26. The van der Waals surface area contributed by atoms with Gasteiger partial charge in [0.1, 0.15) is 5.01 Å². The molecule has 0 aliphatic carbocycles. The van der Waals surface area contributed by atoms with E-state index in [2.05, 4.69) is 30.9 Å². The third-order valence-electron chi connectivity index (χ3n) is 2.79. The van der Waals surface area contributed by atoms with Crippen LogP contribution in [-0.4, -0.2) is 21.5 Å². The monoisotopic (exact) mass is 338 g/mol. The van der Waals surface area contributed by atoms with Gasteiger partial charge in [0, 0.05) is 12.0 Å². The molecule has 3 aromatic rings. The van der Waals surface area contributed by atoms with E-state index >= 15 is 0 Å². The van der Waals surface area contributed by atoms with Crippen molar-refractivity contribution in [2.75, 3.05) is 6.54 Å². The number of nitrogens with one attached hydrogen (secondary N) is 2.